The summed E-state index contributed by atoms with van der Waals surface area (Å²) < 4.78 is 35.5. The fraction of sp³-hybridized carbons (Fsp3) is 0.609. The number of epoxide rings is 1. The molecule has 0 saturated carbocycles. The van der Waals surface area contributed by atoms with Crippen molar-refractivity contribution in [3.63, 3.8) is 0 Å². The second kappa shape index (κ2) is 34.8. The molecule has 6 rings (SSSR count). The zero-order valence-corrected chi connectivity index (χ0v) is 58.4. The highest BCUT2D eigenvalue weighted by molar-refractivity contribution is 9.09. The van der Waals surface area contributed by atoms with Crippen molar-refractivity contribution in [3.8, 4) is 5.75 Å². The molecule has 2 aromatic carbocycles. The Labute approximate surface area is 565 Å². The van der Waals surface area contributed by atoms with Gasteiger partial charge in [-0.3, -0.25) is 34.6 Å². The van der Waals surface area contributed by atoms with Gasteiger partial charge in [0.1, 0.15) is 53.1 Å². The van der Waals surface area contributed by atoms with E-state index in [0.717, 1.165) is 17.4 Å². The van der Waals surface area contributed by atoms with Crippen LogP contribution in [0.1, 0.15) is 102 Å². The van der Waals surface area contributed by atoms with Gasteiger partial charge in [-0.15, -0.1) is 0 Å². The SMILES string of the molecule is COc1cc2cc(c1Cl)N(C)C(=O)C[C@H](OC(=O)[C@H](C)N(C)C(=O)c1ccc(NC(=O)[C@H](CCCNC(N)=O)NC(=O)[C@@H](NC(C=O)CCCCNC(=O)C(CBr)CBr)C(C)C)c(N3CCOCC3)c1)[C@]1(C)O[C@H]1[C@H](C)[C@@H]1C[C@@](O)(NC(=O)O1)[C@H](OC)/C=C/C=C(\C)C2. The largest absolute Gasteiger partial charge is 0.495 e. The van der Waals surface area contributed by atoms with Gasteiger partial charge in [0.2, 0.25) is 23.6 Å². The van der Waals surface area contributed by atoms with E-state index in [-0.39, 0.29) is 59.8 Å². The first-order valence-corrected chi connectivity index (χ1v) is 33.8. The summed E-state index contributed by atoms with van der Waals surface area (Å²) in [6, 6.07) is 3.26. The van der Waals surface area contributed by atoms with Gasteiger partial charge in [-0.2, -0.15) is 0 Å². The number of hydrogen-bond donors (Lipinski definition) is 8. The van der Waals surface area contributed by atoms with Gasteiger partial charge in [0.15, 0.2) is 5.72 Å². The standard InChI is InChI=1S/C64H91Br2ClN10O16/c1-36(2)54(71-43(35-78)16-11-12-21-69-56(80)42(33-65)34-66)58(82)73-45(17-14-22-70-61(68)85)57(81)72-44-20-19-41(30-46(44)77-23-25-90-26-24-77)59(83)75(7)39(5)60(84)92-51-31-52(79)76(8)47-28-40(29-48(88-9)53(47)67)27-37(3)15-13-18-50(89-10)64(87)32-49(91-62(86)74-64)38(4)55-63(51,6)93-55/h13,15,18-20,28-30,35-36,38-39,42-43,45,49-51,54-55,71,87H,11-12,14,16-17,21-27,31-34H2,1-10H3,(H,69,80)(H,72,81)(H,73,82)(H,74,86)(H3,68,70,85)/b18-13+,37-15+/t38-,39+,43?,45+,49+,50-,51+,54+,55+,63+,64+/m1/s1. The predicted octanol–water partition coefficient (Wildman–Crippen LogP) is 5.41. The number of likely N-dealkylation sites (N-methyl/N-ethyl adjacent to an activating group) is 1. The van der Waals surface area contributed by atoms with Crippen molar-refractivity contribution in [2.24, 2.45) is 23.5 Å². The Hall–Kier alpha value is -6.40. The zero-order chi connectivity index (χ0) is 68.5. The lowest BCUT2D eigenvalue weighted by Gasteiger charge is -2.42. The Morgan fingerprint density at radius 3 is 2.31 bits per heavy atom. The number of esters is 1. The molecule has 4 bridgehead atoms. The molecule has 11 atom stereocenters. The summed E-state index contributed by atoms with van der Waals surface area (Å²) in [5.41, 5.74) is 4.79. The minimum atomic E-state index is -1.92. The number of ether oxygens (including phenoxy) is 6. The summed E-state index contributed by atoms with van der Waals surface area (Å²) >= 11 is 13.6. The average Bonchev–Trinajstić information content (AvgIpc) is 1.58. The minimum Gasteiger partial charge on any atom is -0.495 e. The number of allylic oxidation sites excluding steroid dienone is 3. The van der Waals surface area contributed by atoms with Crippen LogP contribution < -0.4 is 52.2 Å². The number of aliphatic hydroxyl groups is 1. The molecule has 0 aliphatic carbocycles. The van der Waals surface area contributed by atoms with Gasteiger partial charge in [0.05, 0.1) is 67.9 Å². The number of nitrogens with one attached hydrogen (secondary N) is 6. The van der Waals surface area contributed by atoms with E-state index in [4.69, 9.17) is 45.8 Å². The highest BCUT2D eigenvalue weighted by Crippen LogP contribution is 2.49. The van der Waals surface area contributed by atoms with Crippen LogP contribution in [0.2, 0.25) is 5.02 Å². The third-order valence-electron chi connectivity index (χ3n) is 17.4. The number of hydrogen-bond acceptors (Lipinski definition) is 18. The molecule has 9 N–H and O–H groups in total. The third kappa shape index (κ3) is 20.1. The number of aldehydes is 1. The number of rotatable bonds is 27. The van der Waals surface area contributed by atoms with Gasteiger partial charge < -0.3 is 80.0 Å². The van der Waals surface area contributed by atoms with E-state index in [1.54, 1.807) is 64.1 Å². The topological polar surface area (TPSA) is 340 Å². The van der Waals surface area contributed by atoms with Gasteiger partial charge in [-0.1, -0.05) is 88.0 Å². The first-order valence-electron chi connectivity index (χ1n) is 31.2. The normalized spacial score (nSPS) is 24.7. The number of morpholine rings is 1. The second-order valence-corrected chi connectivity index (χ2v) is 26.2. The van der Waals surface area contributed by atoms with Crippen molar-refractivity contribution in [1.82, 2.24) is 31.5 Å². The van der Waals surface area contributed by atoms with Gasteiger partial charge in [0, 0.05) is 75.9 Å². The number of alkyl carbamates (subject to hydrolysis) is 1. The van der Waals surface area contributed by atoms with E-state index >= 15 is 0 Å². The van der Waals surface area contributed by atoms with E-state index in [9.17, 15) is 48.3 Å². The summed E-state index contributed by atoms with van der Waals surface area (Å²) in [5.74, 6) is -4.22. The van der Waals surface area contributed by atoms with Crippen molar-refractivity contribution in [2.45, 2.75) is 153 Å². The quantitative estimate of drug-likeness (QED) is 0.0182. The van der Waals surface area contributed by atoms with E-state index in [1.165, 1.54) is 51.1 Å². The van der Waals surface area contributed by atoms with Crippen molar-refractivity contribution >= 4 is 114 Å². The lowest BCUT2D eigenvalue weighted by atomic mass is 9.83. The highest BCUT2D eigenvalue weighted by atomic mass is 79.9. The molecule has 3 fully saturated rings. The molecule has 26 nitrogen and oxygen atoms in total. The molecular weight excluding hydrogens is 1360 g/mol. The Bertz CT molecular complexity index is 3060. The number of primary amides is 1. The fourth-order valence-corrected chi connectivity index (χ4v) is 13.5. The number of amides is 8. The summed E-state index contributed by atoms with van der Waals surface area (Å²) in [5, 5.41) is 30.1. The molecule has 4 aliphatic heterocycles. The third-order valence-corrected chi connectivity index (χ3v) is 19.3. The van der Waals surface area contributed by atoms with Crippen molar-refractivity contribution in [2.75, 3.05) is 93.5 Å². The van der Waals surface area contributed by atoms with Gasteiger partial charge in [0.25, 0.3) is 5.91 Å². The summed E-state index contributed by atoms with van der Waals surface area (Å²) in [7, 11) is 5.82. The molecule has 4 heterocycles. The van der Waals surface area contributed by atoms with Crippen molar-refractivity contribution in [1.29, 1.82) is 0 Å². The molecule has 2 aromatic rings. The number of alkyl halides is 2. The zero-order valence-electron chi connectivity index (χ0n) is 54.5. The molecule has 4 aliphatic rings. The number of carbonyl (C=O) groups is 9. The number of fused-ring (bicyclic) bond motifs is 5. The number of nitrogens with zero attached hydrogens (tertiary/aromatic N) is 3. The molecule has 8 amide bonds. The van der Waals surface area contributed by atoms with E-state index in [0.29, 0.717) is 86.3 Å². The maximum absolute atomic E-state index is 14.7. The summed E-state index contributed by atoms with van der Waals surface area (Å²) in [6.45, 7) is 12.3. The lowest BCUT2D eigenvalue weighted by Crippen LogP contribution is -2.63. The van der Waals surface area contributed by atoms with Crippen molar-refractivity contribution in [3.05, 3.63) is 70.3 Å². The van der Waals surface area contributed by atoms with Crippen LogP contribution in [0.25, 0.3) is 0 Å². The number of methoxy groups -OCH3 is 2. The molecule has 29 heteroatoms. The Balaban J connectivity index is 1.24. The number of unbranched alkanes of at least 4 members (excludes halogenated alkanes) is 1. The number of benzene rings is 2. The maximum atomic E-state index is 14.7. The van der Waals surface area contributed by atoms with Crippen molar-refractivity contribution < 1.29 is 76.7 Å². The monoisotopic (exact) mass is 1450 g/mol. The molecule has 0 spiro atoms. The lowest BCUT2D eigenvalue weighted by molar-refractivity contribution is -0.158. The molecule has 514 valence electrons. The number of anilines is 3. The minimum absolute atomic E-state index is 0.0515. The van der Waals surface area contributed by atoms with Crippen LogP contribution in [0, 0.1) is 17.8 Å². The fourth-order valence-electron chi connectivity index (χ4n) is 11.5. The van der Waals surface area contributed by atoms with Gasteiger partial charge >= 0.3 is 18.1 Å². The number of urea groups is 1. The van der Waals surface area contributed by atoms with Crippen LogP contribution in [-0.2, 0) is 58.9 Å². The average molecular weight is 1450 g/mol. The first-order chi connectivity index (χ1) is 44.1. The van der Waals surface area contributed by atoms with Crippen LogP contribution >= 0.6 is 43.5 Å². The van der Waals surface area contributed by atoms with E-state index < -0.39 is 114 Å². The predicted molar refractivity (Wildman–Crippen MR) is 357 cm³/mol. The summed E-state index contributed by atoms with van der Waals surface area (Å²) in [6.07, 6.45) is 2.54. The molecule has 93 heavy (non-hydrogen) atoms. The smallest absolute Gasteiger partial charge is 0.409 e. The first kappa shape index (κ1) is 75.6. The second-order valence-electron chi connectivity index (χ2n) is 24.6. The van der Waals surface area contributed by atoms with Gasteiger partial charge in [-0.25, -0.2) is 14.4 Å². The van der Waals surface area contributed by atoms with Gasteiger partial charge in [-0.05, 0) is 101 Å². The highest BCUT2D eigenvalue weighted by Gasteiger charge is 2.64. The molecular formula is C64H91Br2ClN10O16. The number of carbonyl (C=O) groups excluding carboxylic acids is 9. The van der Waals surface area contributed by atoms with Crippen LogP contribution in [0.5, 0.6) is 5.75 Å². The summed E-state index contributed by atoms with van der Waals surface area (Å²) in [4.78, 5) is 127. The Morgan fingerprint density at radius 1 is 0.968 bits per heavy atom. The van der Waals surface area contributed by atoms with E-state index in [1.807, 2.05) is 17.9 Å². The van der Waals surface area contributed by atoms with E-state index in [2.05, 4.69) is 63.8 Å². The maximum Gasteiger partial charge on any atom is 0.409 e. The number of nitrogens with two attached hydrogens (primary N) is 1. The Morgan fingerprint density at radius 2 is 1.67 bits per heavy atom. The molecule has 1 unspecified atom stereocenters. The molecule has 3 saturated heterocycles. The Kier molecular flexibility index (Phi) is 28.3. The molecule has 0 radical (unpaired) electrons. The van der Waals surface area contributed by atoms with Crippen LogP contribution in [-0.4, -0.2) is 202 Å². The molecule has 0 aromatic heterocycles. The van der Waals surface area contributed by atoms with Crippen LogP contribution in [0.4, 0.5) is 26.7 Å². The van der Waals surface area contributed by atoms with Crippen LogP contribution in [0.3, 0.4) is 0 Å². The number of halogens is 3. The van der Waals surface area contributed by atoms with Crippen LogP contribution in [0.15, 0.2) is 54.1 Å².